The predicted octanol–water partition coefficient (Wildman–Crippen LogP) is 7.32. The van der Waals surface area contributed by atoms with Gasteiger partial charge in [0.25, 0.3) is 0 Å². The monoisotopic (exact) mass is 509 g/mol. The second kappa shape index (κ2) is 12.0. The minimum Gasteiger partial charge on any atom is -0.493 e. The molecule has 0 fully saturated rings. The molecule has 0 atom stereocenters. The van der Waals surface area contributed by atoms with E-state index >= 15 is 0 Å². The summed E-state index contributed by atoms with van der Waals surface area (Å²) in [4.78, 5) is 1.10. The van der Waals surface area contributed by atoms with Crippen LogP contribution < -0.4 is 28.4 Å². The van der Waals surface area contributed by atoms with Crippen molar-refractivity contribution in [2.75, 3.05) is 40.3 Å². The van der Waals surface area contributed by atoms with Gasteiger partial charge in [-0.15, -0.1) is 0 Å². The van der Waals surface area contributed by atoms with Crippen LogP contribution in [0.25, 0.3) is 12.2 Å². The number of benzene rings is 3. The van der Waals surface area contributed by atoms with Crippen molar-refractivity contribution in [3.05, 3.63) is 65.2 Å². The van der Waals surface area contributed by atoms with Gasteiger partial charge in [-0.2, -0.15) is 0 Å². The van der Waals surface area contributed by atoms with E-state index in [9.17, 15) is 0 Å². The smallest absolute Gasteiger partial charge is 0.203 e. The first kappa shape index (κ1) is 27.1. The van der Waals surface area contributed by atoms with Crippen LogP contribution in [-0.4, -0.2) is 35.5 Å². The first-order valence-electron chi connectivity index (χ1n) is 11.5. The maximum Gasteiger partial charge on any atom is 0.203 e. The van der Waals surface area contributed by atoms with Crippen molar-refractivity contribution in [2.24, 2.45) is 0 Å². The van der Waals surface area contributed by atoms with Gasteiger partial charge < -0.3 is 28.4 Å². The molecule has 0 unspecified atom stereocenters. The maximum absolute atomic E-state index is 5.74. The van der Waals surface area contributed by atoms with E-state index in [-0.39, 0.29) is 5.41 Å². The van der Waals surface area contributed by atoms with Crippen molar-refractivity contribution in [1.29, 1.82) is 0 Å². The molecule has 0 aliphatic rings. The summed E-state index contributed by atoms with van der Waals surface area (Å²) in [5, 5.41) is 0. The summed E-state index contributed by atoms with van der Waals surface area (Å²) in [6.45, 7) is 6.63. The molecule has 3 aromatic carbocycles. The minimum absolute atomic E-state index is 0.0681. The highest BCUT2D eigenvalue weighted by atomic mass is 32.2. The SMILES string of the molecule is COc1cc(/C=C\c2ccc(OC)c(OC)c2NSc2cccc(C(C)(C)C)c2)cc(OC)c1OC. The lowest BCUT2D eigenvalue weighted by Crippen LogP contribution is -2.10. The molecule has 0 aliphatic carbocycles. The second-order valence-electron chi connectivity index (χ2n) is 9.04. The van der Waals surface area contributed by atoms with Crippen LogP contribution in [0.1, 0.15) is 37.5 Å². The lowest BCUT2D eigenvalue weighted by molar-refractivity contribution is 0.324. The predicted molar refractivity (Wildman–Crippen MR) is 149 cm³/mol. The minimum atomic E-state index is 0.0681. The first-order valence-corrected chi connectivity index (χ1v) is 12.3. The Morgan fingerprint density at radius 3 is 1.89 bits per heavy atom. The number of rotatable bonds is 10. The van der Waals surface area contributed by atoms with E-state index in [1.165, 1.54) is 17.5 Å². The molecule has 0 aromatic heterocycles. The number of nitrogens with one attached hydrogen (secondary N) is 1. The summed E-state index contributed by atoms with van der Waals surface area (Å²) in [6, 6.07) is 16.2. The molecule has 0 amide bonds. The van der Waals surface area contributed by atoms with Gasteiger partial charge >= 0.3 is 0 Å². The van der Waals surface area contributed by atoms with Crippen LogP contribution in [0.4, 0.5) is 5.69 Å². The van der Waals surface area contributed by atoms with Crippen molar-refractivity contribution in [3.63, 3.8) is 0 Å². The van der Waals surface area contributed by atoms with E-state index < -0.39 is 0 Å². The van der Waals surface area contributed by atoms with Gasteiger partial charge in [0.05, 0.1) is 41.2 Å². The van der Waals surface area contributed by atoms with Crippen molar-refractivity contribution in [1.82, 2.24) is 0 Å². The highest BCUT2D eigenvalue weighted by Gasteiger charge is 2.17. The fourth-order valence-corrected chi connectivity index (χ4v) is 4.47. The zero-order valence-corrected chi connectivity index (χ0v) is 23.0. The van der Waals surface area contributed by atoms with Crippen LogP contribution in [0.2, 0.25) is 0 Å². The van der Waals surface area contributed by atoms with E-state index in [0.717, 1.165) is 21.7 Å². The molecule has 0 spiro atoms. The zero-order chi connectivity index (χ0) is 26.3. The Morgan fingerprint density at radius 1 is 0.694 bits per heavy atom. The lowest BCUT2D eigenvalue weighted by atomic mass is 9.87. The van der Waals surface area contributed by atoms with Gasteiger partial charge in [0.2, 0.25) is 5.75 Å². The molecule has 3 aromatic rings. The van der Waals surface area contributed by atoms with Gasteiger partial charge in [-0.25, -0.2) is 0 Å². The summed E-state index contributed by atoms with van der Waals surface area (Å²) in [6.07, 6.45) is 4.00. The van der Waals surface area contributed by atoms with Crippen molar-refractivity contribution < 1.29 is 23.7 Å². The quantitative estimate of drug-likeness (QED) is 0.227. The van der Waals surface area contributed by atoms with Crippen LogP contribution in [-0.2, 0) is 5.41 Å². The third kappa shape index (κ3) is 6.21. The summed E-state index contributed by atoms with van der Waals surface area (Å²) < 4.78 is 31.2. The normalized spacial score (nSPS) is 11.3. The van der Waals surface area contributed by atoms with Gasteiger partial charge in [-0.1, -0.05) is 45.1 Å². The average Bonchev–Trinajstić information content (AvgIpc) is 2.89. The Balaban J connectivity index is 1.99. The van der Waals surface area contributed by atoms with E-state index in [4.69, 9.17) is 23.7 Å². The van der Waals surface area contributed by atoms with E-state index in [1.807, 2.05) is 36.4 Å². The van der Waals surface area contributed by atoms with Crippen LogP contribution >= 0.6 is 11.9 Å². The highest BCUT2D eigenvalue weighted by molar-refractivity contribution is 8.00. The van der Waals surface area contributed by atoms with Crippen LogP contribution in [0.5, 0.6) is 28.7 Å². The Labute approximate surface area is 218 Å². The van der Waals surface area contributed by atoms with Gasteiger partial charge in [0, 0.05) is 10.5 Å². The maximum atomic E-state index is 5.74. The fraction of sp³-hybridized carbons (Fsp3) is 0.310. The van der Waals surface area contributed by atoms with Crippen molar-refractivity contribution >= 4 is 29.8 Å². The molecule has 36 heavy (non-hydrogen) atoms. The molecule has 0 radical (unpaired) electrons. The van der Waals surface area contributed by atoms with Crippen LogP contribution in [0, 0.1) is 0 Å². The average molecular weight is 510 g/mol. The molecular weight excluding hydrogens is 474 g/mol. The first-order chi connectivity index (χ1) is 17.2. The summed E-state index contributed by atoms with van der Waals surface area (Å²) in [5.41, 5.74) is 3.98. The topological polar surface area (TPSA) is 58.2 Å². The fourth-order valence-electron chi connectivity index (χ4n) is 3.71. The molecule has 1 N–H and O–H groups in total. The van der Waals surface area contributed by atoms with Gasteiger partial charge in [-0.05, 0) is 64.9 Å². The van der Waals surface area contributed by atoms with Crippen molar-refractivity contribution in [2.45, 2.75) is 31.1 Å². The lowest BCUT2D eigenvalue weighted by Gasteiger charge is -2.20. The standard InChI is InChI=1S/C29H35NO5S/c1-29(2,3)21-10-9-11-22(18-21)36-30-26-20(14-15-23(31-4)28(26)35-8)13-12-19-16-24(32-5)27(34-7)25(17-19)33-6/h9-18,30H,1-8H3/b13-12-. The summed E-state index contributed by atoms with van der Waals surface area (Å²) in [7, 11) is 8.07. The third-order valence-corrected chi connectivity index (χ3v) is 6.49. The van der Waals surface area contributed by atoms with Crippen LogP contribution in [0.15, 0.2) is 53.4 Å². The number of ether oxygens (including phenoxy) is 5. The Bertz CT molecular complexity index is 1190. The second-order valence-corrected chi connectivity index (χ2v) is 9.92. The molecule has 6 nitrogen and oxygen atoms in total. The van der Waals surface area contributed by atoms with Crippen molar-refractivity contribution in [3.8, 4) is 28.7 Å². The highest BCUT2D eigenvalue weighted by Crippen LogP contribution is 2.42. The van der Waals surface area contributed by atoms with E-state index in [1.54, 1.807) is 35.5 Å². The number of hydrogen-bond donors (Lipinski definition) is 1. The molecule has 0 saturated heterocycles. The molecule has 3 rings (SSSR count). The summed E-state index contributed by atoms with van der Waals surface area (Å²) >= 11 is 1.53. The number of methoxy groups -OCH3 is 5. The molecule has 0 saturated carbocycles. The third-order valence-electron chi connectivity index (χ3n) is 5.69. The Morgan fingerprint density at radius 2 is 1.33 bits per heavy atom. The van der Waals surface area contributed by atoms with Crippen LogP contribution in [0.3, 0.4) is 0 Å². The molecule has 0 heterocycles. The zero-order valence-electron chi connectivity index (χ0n) is 22.2. The molecule has 0 aliphatic heterocycles. The van der Waals surface area contributed by atoms with Gasteiger partial charge in [-0.3, -0.25) is 0 Å². The molecular formula is C29H35NO5S. The molecule has 7 heteroatoms. The molecule has 0 bridgehead atoms. The molecule has 192 valence electrons. The number of hydrogen-bond acceptors (Lipinski definition) is 7. The summed E-state index contributed by atoms with van der Waals surface area (Å²) in [5.74, 6) is 3.02. The van der Waals surface area contributed by atoms with Gasteiger partial charge in [0.15, 0.2) is 23.0 Å². The largest absolute Gasteiger partial charge is 0.493 e. The Kier molecular flexibility index (Phi) is 9.04. The van der Waals surface area contributed by atoms with Gasteiger partial charge in [0.1, 0.15) is 0 Å². The Hall–Kier alpha value is -3.45. The number of anilines is 1. The van der Waals surface area contributed by atoms with E-state index in [2.05, 4.69) is 49.8 Å². The van der Waals surface area contributed by atoms with E-state index in [0.29, 0.717) is 28.7 Å².